The zero-order valence-corrected chi connectivity index (χ0v) is 18.0. The van der Waals surface area contributed by atoms with E-state index < -0.39 is 0 Å². The highest BCUT2D eigenvalue weighted by atomic mass is 16.5. The van der Waals surface area contributed by atoms with Gasteiger partial charge in [0.25, 0.3) is 0 Å². The van der Waals surface area contributed by atoms with Gasteiger partial charge in [0.05, 0.1) is 25.5 Å². The molecular formula is C22H30N6O2. The number of nitrogens with one attached hydrogen (secondary N) is 1. The van der Waals surface area contributed by atoms with Gasteiger partial charge in [0.1, 0.15) is 12.3 Å². The van der Waals surface area contributed by atoms with Gasteiger partial charge in [0, 0.05) is 38.3 Å². The smallest absolute Gasteiger partial charge is 0.246 e. The van der Waals surface area contributed by atoms with E-state index in [4.69, 9.17) is 9.73 Å². The summed E-state index contributed by atoms with van der Waals surface area (Å²) < 4.78 is 7.00. The van der Waals surface area contributed by atoms with E-state index in [0.29, 0.717) is 13.1 Å². The number of aliphatic imine (C=N–C) groups is 1. The Balaban J connectivity index is 1.44. The monoisotopic (exact) mass is 410 g/mol. The lowest BCUT2D eigenvalue weighted by atomic mass is 9.96. The molecule has 160 valence electrons. The van der Waals surface area contributed by atoms with Crippen LogP contribution < -0.4 is 15.0 Å². The van der Waals surface area contributed by atoms with Gasteiger partial charge in [-0.15, -0.1) is 0 Å². The summed E-state index contributed by atoms with van der Waals surface area (Å²) in [4.78, 5) is 21.6. The molecule has 1 aromatic heterocycles. The highest BCUT2D eigenvalue weighted by Gasteiger charge is 2.44. The zero-order valence-electron chi connectivity index (χ0n) is 18.0. The number of guanidine groups is 1. The van der Waals surface area contributed by atoms with Gasteiger partial charge < -0.3 is 19.9 Å². The van der Waals surface area contributed by atoms with Crippen molar-refractivity contribution < 1.29 is 9.53 Å². The van der Waals surface area contributed by atoms with Gasteiger partial charge in [-0.05, 0) is 37.5 Å². The van der Waals surface area contributed by atoms with E-state index in [1.54, 1.807) is 22.9 Å². The first-order valence-corrected chi connectivity index (χ1v) is 10.5. The molecule has 0 atom stereocenters. The number of anilines is 1. The zero-order chi connectivity index (χ0) is 21.1. The number of carbonyl (C=O) groups is 1. The number of hydrogen-bond donors (Lipinski definition) is 1. The molecule has 30 heavy (non-hydrogen) atoms. The second-order valence-electron chi connectivity index (χ2n) is 8.02. The fraction of sp³-hybridized carbons (Fsp3) is 0.500. The van der Waals surface area contributed by atoms with Gasteiger partial charge in [-0.3, -0.25) is 14.5 Å². The van der Waals surface area contributed by atoms with Crippen LogP contribution in [0.2, 0.25) is 0 Å². The van der Waals surface area contributed by atoms with Crippen molar-refractivity contribution in [3.63, 3.8) is 0 Å². The van der Waals surface area contributed by atoms with Crippen LogP contribution in [-0.4, -0.2) is 66.4 Å². The summed E-state index contributed by atoms with van der Waals surface area (Å²) in [6.45, 7) is 5.22. The molecule has 2 aromatic rings. The molecule has 1 aliphatic heterocycles. The Morgan fingerprint density at radius 1 is 1.27 bits per heavy atom. The molecular weight excluding hydrogens is 380 g/mol. The second kappa shape index (κ2) is 8.38. The summed E-state index contributed by atoms with van der Waals surface area (Å²) in [6.07, 6.45) is 5.88. The minimum Gasteiger partial charge on any atom is -0.497 e. The Morgan fingerprint density at radius 3 is 2.60 bits per heavy atom. The van der Waals surface area contributed by atoms with Crippen LogP contribution in [0.1, 0.15) is 25.3 Å². The van der Waals surface area contributed by atoms with Crippen LogP contribution in [0, 0.1) is 0 Å². The minimum atomic E-state index is 0.0659. The van der Waals surface area contributed by atoms with Gasteiger partial charge in [-0.1, -0.05) is 12.1 Å². The summed E-state index contributed by atoms with van der Waals surface area (Å²) in [5.41, 5.74) is 2.26. The number of carbonyl (C=O) groups excluding carboxylic acids is 1. The van der Waals surface area contributed by atoms with Gasteiger partial charge in [-0.25, -0.2) is 0 Å². The van der Waals surface area contributed by atoms with Crippen LogP contribution in [0.5, 0.6) is 5.75 Å². The number of aromatic nitrogens is 2. The molecule has 8 heteroatoms. The molecule has 1 aromatic carbocycles. The predicted molar refractivity (Wildman–Crippen MR) is 117 cm³/mol. The largest absolute Gasteiger partial charge is 0.497 e. The first-order chi connectivity index (χ1) is 14.5. The Labute approximate surface area is 177 Å². The van der Waals surface area contributed by atoms with Crippen LogP contribution in [0.15, 0.2) is 41.7 Å². The first-order valence-electron chi connectivity index (χ1n) is 10.5. The lowest BCUT2D eigenvalue weighted by molar-refractivity contribution is -0.120. The third kappa shape index (κ3) is 4.13. The summed E-state index contributed by atoms with van der Waals surface area (Å²) in [7, 11) is 3.54. The van der Waals surface area contributed by atoms with Crippen molar-refractivity contribution >= 4 is 17.6 Å². The number of nitrogens with zero attached hydrogens (tertiary/aromatic N) is 5. The average Bonchev–Trinajstić information content (AvgIpc) is 3.44. The fourth-order valence-corrected chi connectivity index (χ4v) is 3.96. The van der Waals surface area contributed by atoms with Crippen molar-refractivity contribution in [2.24, 2.45) is 12.0 Å². The summed E-state index contributed by atoms with van der Waals surface area (Å²) in [5.74, 6) is 1.75. The Kier molecular flexibility index (Phi) is 5.65. The average molecular weight is 411 g/mol. The van der Waals surface area contributed by atoms with Crippen molar-refractivity contribution in [2.45, 2.75) is 25.2 Å². The number of amides is 1. The van der Waals surface area contributed by atoms with Crippen LogP contribution in [0.3, 0.4) is 0 Å². The molecule has 8 nitrogen and oxygen atoms in total. The Bertz CT molecular complexity index is 916. The van der Waals surface area contributed by atoms with Gasteiger partial charge >= 0.3 is 0 Å². The minimum absolute atomic E-state index is 0.0659. The van der Waals surface area contributed by atoms with E-state index in [1.807, 2.05) is 25.4 Å². The van der Waals surface area contributed by atoms with Crippen molar-refractivity contribution in [2.75, 3.05) is 44.7 Å². The lowest BCUT2D eigenvalue weighted by Crippen LogP contribution is -2.55. The summed E-state index contributed by atoms with van der Waals surface area (Å²) in [5, 5.41) is 7.55. The third-order valence-electron chi connectivity index (χ3n) is 5.95. The normalized spacial score (nSPS) is 18.5. The predicted octanol–water partition coefficient (Wildman–Crippen LogP) is 1.77. The Morgan fingerprint density at radius 2 is 2.03 bits per heavy atom. The molecule has 1 N–H and O–H groups in total. The molecule has 1 saturated heterocycles. The van der Waals surface area contributed by atoms with Crippen molar-refractivity contribution in [1.29, 1.82) is 0 Å². The summed E-state index contributed by atoms with van der Waals surface area (Å²) in [6, 6.07) is 8.32. The van der Waals surface area contributed by atoms with Crippen molar-refractivity contribution in [1.82, 2.24) is 20.0 Å². The van der Waals surface area contributed by atoms with Crippen molar-refractivity contribution in [3.05, 3.63) is 42.2 Å². The SMILES string of the molecule is CCNC(=NCC1(c2ccc(OC)cc2)CC1)N1CCN(c2cnn(C)c2)C(=O)C1. The van der Waals surface area contributed by atoms with E-state index in [9.17, 15) is 4.79 Å². The molecule has 4 rings (SSSR count). The second-order valence-corrected chi connectivity index (χ2v) is 8.02. The maximum absolute atomic E-state index is 12.8. The number of ether oxygens (including phenoxy) is 1. The molecule has 2 fully saturated rings. The quantitative estimate of drug-likeness (QED) is 0.580. The van der Waals surface area contributed by atoms with E-state index in [0.717, 1.165) is 49.9 Å². The number of hydrogen-bond acceptors (Lipinski definition) is 4. The number of piperazine rings is 1. The highest BCUT2D eigenvalue weighted by molar-refractivity contribution is 5.98. The Hall–Kier alpha value is -3.03. The van der Waals surface area contributed by atoms with Crippen LogP contribution >= 0.6 is 0 Å². The topological polar surface area (TPSA) is 75.0 Å². The first kappa shape index (κ1) is 20.3. The number of methoxy groups -OCH3 is 1. The van der Waals surface area contributed by atoms with E-state index in [1.165, 1.54) is 5.56 Å². The van der Waals surface area contributed by atoms with Gasteiger partial charge in [0.2, 0.25) is 5.91 Å². The molecule has 0 unspecified atom stereocenters. The summed E-state index contributed by atoms with van der Waals surface area (Å²) >= 11 is 0. The molecule has 0 spiro atoms. The fourth-order valence-electron chi connectivity index (χ4n) is 3.96. The molecule has 1 amide bonds. The van der Waals surface area contributed by atoms with Crippen molar-refractivity contribution in [3.8, 4) is 5.75 Å². The number of rotatable bonds is 6. The lowest BCUT2D eigenvalue weighted by Gasteiger charge is -2.35. The van der Waals surface area contributed by atoms with E-state index in [-0.39, 0.29) is 11.3 Å². The molecule has 2 heterocycles. The van der Waals surface area contributed by atoms with E-state index >= 15 is 0 Å². The van der Waals surface area contributed by atoms with Gasteiger partial charge in [-0.2, -0.15) is 5.10 Å². The van der Waals surface area contributed by atoms with E-state index in [2.05, 4.69) is 34.4 Å². The molecule has 0 bridgehead atoms. The molecule has 1 saturated carbocycles. The van der Waals surface area contributed by atoms with Crippen LogP contribution in [-0.2, 0) is 17.3 Å². The maximum Gasteiger partial charge on any atom is 0.246 e. The maximum atomic E-state index is 12.8. The standard InChI is InChI=1S/C22H30N6O2/c1-4-23-21(24-16-22(9-10-22)17-5-7-19(30-3)8-6-17)27-11-12-28(20(29)15-27)18-13-25-26(2)14-18/h5-8,13-14H,4,9-12,15-16H2,1-3H3,(H,23,24). The molecule has 1 aliphatic carbocycles. The van der Waals surface area contributed by atoms with Crippen LogP contribution in [0.4, 0.5) is 5.69 Å². The number of benzene rings is 1. The van der Waals surface area contributed by atoms with Gasteiger partial charge in [0.15, 0.2) is 5.96 Å². The van der Waals surface area contributed by atoms with Crippen LogP contribution in [0.25, 0.3) is 0 Å². The molecule has 2 aliphatic rings. The highest BCUT2D eigenvalue weighted by Crippen LogP contribution is 2.48. The molecule has 0 radical (unpaired) electrons. The number of aryl methyl sites for hydroxylation is 1. The third-order valence-corrected chi connectivity index (χ3v) is 5.95.